The normalized spacial score (nSPS) is 31.6. The number of amidine groups is 1. The predicted molar refractivity (Wildman–Crippen MR) is 73.2 cm³/mol. The lowest BCUT2D eigenvalue weighted by molar-refractivity contribution is 0.0820. The van der Waals surface area contributed by atoms with E-state index < -0.39 is 11.6 Å². The van der Waals surface area contributed by atoms with Gasteiger partial charge in [-0.15, -0.1) is 0 Å². The number of nitrogens with one attached hydrogen (secondary N) is 1. The van der Waals surface area contributed by atoms with E-state index in [4.69, 9.17) is 0 Å². The van der Waals surface area contributed by atoms with Crippen molar-refractivity contribution in [1.29, 1.82) is 0 Å². The number of benzene rings is 1. The summed E-state index contributed by atoms with van der Waals surface area (Å²) in [4.78, 5) is 8.98. The lowest BCUT2D eigenvalue weighted by atomic mass is 9.60. The SMILES string of the molecule is Fc1ccc(C2=NCC(C3C4CNCC3C4)=N2)cc1F. The molecule has 0 amide bonds. The van der Waals surface area contributed by atoms with E-state index in [-0.39, 0.29) is 0 Å². The maximum atomic E-state index is 13.3. The lowest BCUT2D eigenvalue weighted by Gasteiger charge is -2.49. The van der Waals surface area contributed by atoms with Crippen molar-refractivity contribution < 1.29 is 8.78 Å². The minimum Gasteiger partial charge on any atom is -0.316 e. The minimum atomic E-state index is -0.849. The van der Waals surface area contributed by atoms with Crippen molar-refractivity contribution in [2.75, 3.05) is 19.6 Å². The quantitative estimate of drug-likeness (QED) is 0.881. The second-order valence-corrected chi connectivity index (χ2v) is 5.81. The Kier molecular flexibility index (Phi) is 2.70. The Bertz CT molecular complexity index is 610. The van der Waals surface area contributed by atoms with Gasteiger partial charge < -0.3 is 5.32 Å². The van der Waals surface area contributed by atoms with E-state index in [2.05, 4.69) is 15.3 Å². The monoisotopic (exact) mass is 275 g/mol. The Morgan fingerprint density at radius 1 is 1.10 bits per heavy atom. The largest absolute Gasteiger partial charge is 0.316 e. The number of aliphatic imine (C=N–C) groups is 2. The molecular formula is C15H15F2N3. The highest BCUT2D eigenvalue weighted by Gasteiger charge is 2.46. The number of nitrogens with zero attached hydrogens (tertiary/aromatic N) is 2. The first-order valence-electron chi connectivity index (χ1n) is 7.00. The number of halogens is 2. The summed E-state index contributed by atoms with van der Waals surface area (Å²) in [6.07, 6.45) is 1.27. The molecule has 1 saturated heterocycles. The third kappa shape index (κ3) is 1.80. The molecule has 3 aliphatic rings. The zero-order chi connectivity index (χ0) is 13.7. The van der Waals surface area contributed by atoms with E-state index in [1.54, 1.807) is 0 Å². The van der Waals surface area contributed by atoms with E-state index in [1.807, 2.05) is 0 Å². The van der Waals surface area contributed by atoms with Crippen LogP contribution in [0.15, 0.2) is 28.2 Å². The molecule has 104 valence electrons. The summed E-state index contributed by atoms with van der Waals surface area (Å²) < 4.78 is 26.2. The molecule has 2 heterocycles. The van der Waals surface area contributed by atoms with Gasteiger partial charge >= 0.3 is 0 Å². The van der Waals surface area contributed by atoms with Crippen LogP contribution in [0.2, 0.25) is 0 Å². The number of rotatable bonds is 2. The highest BCUT2D eigenvalue weighted by atomic mass is 19.2. The zero-order valence-corrected chi connectivity index (χ0v) is 10.9. The summed E-state index contributed by atoms with van der Waals surface area (Å²) in [5.74, 6) is 0.730. The Labute approximate surface area is 115 Å². The van der Waals surface area contributed by atoms with Gasteiger partial charge in [-0.25, -0.2) is 13.8 Å². The molecule has 5 heteroatoms. The van der Waals surface area contributed by atoms with Crippen molar-refractivity contribution in [2.45, 2.75) is 6.42 Å². The Morgan fingerprint density at radius 2 is 1.90 bits per heavy atom. The standard InChI is InChI=1S/C15H15F2N3/c16-11-2-1-8(4-12(11)17)15-19-7-13(20-15)14-9-3-10(14)6-18-5-9/h1-2,4,9-10,14,18H,3,5-7H2. The molecule has 1 aromatic rings. The van der Waals surface area contributed by atoms with Crippen molar-refractivity contribution in [1.82, 2.24) is 5.32 Å². The van der Waals surface area contributed by atoms with Crippen LogP contribution in [-0.2, 0) is 0 Å². The van der Waals surface area contributed by atoms with Crippen LogP contribution in [0.4, 0.5) is 8.78 Å². The van der Waals surface area contributed by atoms with Gasteiger partial charge in [0.05, 0.1) is 6.54 Å². The zero-order valence-electron chi connectivity index (χ0n) is 10.9. The van der Waals surface area contributed by atoms with Gasteiger partial charge in [0.2, 0.25) is 0 Å². The average Bonchev–Trinajstić information content (AvgIpc) is 2.92. The van der Waals surface area contributed by atoms with Crippen molar-refractivity contribution in [3.8, 4) is 0 Å². The van der Waals surface area contributed by atoms with Gasteiger partial charge in [0, 0.05) is 17.2 Å². The van der Waals surface area contributed by atoms with Crippen LogP contribution in [0.3, 0.4) is 0 Å². The fourth-order valence-electron chi connectivity index (χ4n) is 3.62. The van der Waals surface area contributed by atoms with Crippen LogP contribution in [0, 0.1) is 29.4 Å². The van der Waals surface area contributed by atoms with Gasteiger partial charge in [0.25, 0.3) is 0 Å². The molecule has 2 fully saturated rings. The summed E-state index contributed by atoms with van der Waals surface area (Å²) in [6, 6.07) is 3.83. The minimum absolute atomic E-state index is 0.530. The molecule has 20 heavy (non-hydrogen) atoms. The van der Waals surface area contributed by atoms with Crippen molar-refractivity contribution >= 4 is 11.5 Å². The molecule has 1 N–H and O–H groups in total. The van der Waals surface area contributed by atoms with Crippen LogP contribution in [0.1, 0.15) is 12.0 Å². The summed E-state index contributed by atoms with van der Waals surface area (Å²) in [5, 5.41) is 3.41. The van der Waals surface area contributed by atoms with Gasteiger partial charge in [-0.3, -0.25) is 4.99 Å². The van der Waals surface area contributed by atoms with Crippen LogP contribution < -0.4 is 5.32 Å². The summed E-state index contributed by atoms with van der Waals surface area (Å²) in [7, 11) is 0. The van der Waals surface area contributed by atoms with Gasteiger partial charge in [-0.1, -0.05) is 0 Å². The smallest absolute Gasteiger partial charge is 0.159 e. The number of piperidine rings is 2. The first-order valence-corrected chi connectivity index (χ1v) is 7.00. The van der Waals surface area contributed by atoms with Gasteiger partial charge in [0.1, 0.15) is 0 Å². The first kappa shape index (κ1) is 12.1. The predicted octanol–water partition coefficient (Wildman–Crippen LogP) is 2.02. The molecule has 1 aliphatic carbocycles. The van der Waals surface area contributed by atoms with E-state index in [0.717, 1.165) is 24.9 Å². The molecule has 0 aromatic heterocycles. The number of hydrogen-bond donors (Lipinski definition) is 1. The first-order chi connectivity index (χ1) is 9.72. The van der Waals surface area contributed by atoms with Gasteiger partial charge in [-0.2, -0.15) is 0 Å². The topological polar surface area (TPSA) is 36.8 Å². The van der Waals surface area contributed by atoms with E-state index >= 15 is 0 Å². The Balaban J connectivity index is 1.57. The molecule has 2 atom stereocenters. The molecule has 2 aliphatic heterocycles. The fraction of sp³-hybridized carbons (Fsp3) is 0.467. The Hall–Kier alpha value is -1.62. The molecule has 2 bridgehead atoms. The second-order valence-electron chi connectivity index (χ2n) is 5.81. The summed E-state index contributed by atoms with van der Waals surface area (Å²) in [6.45, 7) is 2.72. The molecule has 3 nitrogen and oxygen atoms in total. The van der Waals surface area contributed by atoms with Gasteiger partial charge in [0.15, 0.2) is 17.5 Å². The maximum Gasteiger partial charge on any atom is 0.159 e. The van der Waals surface area contributed by atoms with E-state index in [9.17, 15) is 8.78 Å². The van der Waals surface area contributed by atoms with E-state index in [1.165, 1.54) is 18.6 Å². The van der Waals surface area contributed by atoms with Crippen molar-refractivity contribution in [3.63, 3.8) is 0 Å². The second kappa shape index (κ2) is 4.45. The summed E-state index contributed by atoms with van der Waals surface area (Å²) >= 11 is 0. The fourth-order valence-corrected chi connectivity index (χ4v) is 3.62. The lowest BCUT2D eigenvalue weighted by Crippen LogP contribution is -2.56. The van der Waals surface area contributed by atoms with Crippen molar-refractivity contribution in [3.05, 3.63) is 35.4 Å². The average molecular weight is 275 g/mol. The molecule has 4 rings (SSSR count). The molecule has 1 saturated carbocycles. The molecule has 2 unspecified atom stereocenters. The molecule has 0 spiro atoms. The van der Waals surface area contributed by atoms with Crippen molar-refractivity contribution in [2.24, 2.45) is 27.7 Å². The van der Waals surface area contributed by atoms with Gasteiger partial charge in [-0.05, 0) is 49.5 Å². The third-order valence-electron chi connectivity index (χ3n) is 4.64. The Morgan fingerprint density at radius 3 is 2.60 bits per heavy atom. The number of fused-ring (bicyclic) bond motifs is 2. The van der Waals surface area contributed by atoms with Crippen LogP contribution in [-0.4, -0.2) is 31.2 Å². The third-order valence-corrected chi connectivity index (χ3v) is 4.64. The molecule has 1 aromatic carbocycles. The summed E-state index contributed by atoms with van der Waals surface area (Å²) in [5.41, 5.74) is 1.67. The highest BCUT2D eigenvalue weighted by molar-refractivity contribution is 6.12. The van der Waals surface area contributed by atoms with E-state index in [0.29, 0.717) is 35.7 Å². The van der Waals surface area contributed by atoms with Crippen LogP contribution in [0.25, 0.3) is 0 Å². The van der Waals surface area contributed by atoms with Crippen LogP contribution in [0.5, 0.6) is 0 Å². The number of hydrogen-bond acceptors (Lipinski definition) is 3. The van der Waals surface area contributed by atoms with Crippen LogP contribution >= 0.6 is 0 Å². The molecule has 0 radical (unpaired) electrons. The highest BCUT2D eigenvalue weighted by Crippen LogP contribution is 2.44. The maximum absolute atomic E-state index is 13.3. The molecular weight excluding hydrogens is 260 g/mol.